The highest BCUT2D eigenvalue weighted by molar-refractivity contribution is 6.06. The maximum atomic E-state index is 12.0. The lowest BCUT2D eigenvalue weighted by atomic mass is 10.1. The monoisotopic (exact) mass is 377 g/mol. The van der Waals surface area contributed by atoms with Gasteiger partial charge in [-0.2, -0.15) is 0 Å². The molecule has 0 aliphatic carbocycles. The first-order valence-electron chi connectivity index (χ1n) is 8.54. The third kappa shape index (κ3) is 5.98. The van der Waals surface area contributed by atoms with Crippen molar-refractivity contribution in [3.8, 4) is 5.75 Å². The summed E-state index contributed by atoms with van der Waals surface area (Å²) in [6, 6.07) is 8.61. The molecule has 1 fully saturated rings. The van der Waals surface area contributed by atoms with E-state index in [2.05, 4.69) is 10.6 Å². The minimum absolute atomic E-state index is 0.0978. The fourth-order valence-corrected chi connectivity index (χ4v) is 2.37. The minimum atomic E-state index is -0.983. The van der Waals surface area contributed by atoms with Gasteiger partial charge in [0.05, 0.1) is 13.0 Å². The summed E-state index contributed by atoms with van der Waals surface area (Å²) in [5.41, 5.74) is -0.983. The molecule has 4 amide bonds. The third-order valence-electron chi connectivity index (χ3n) is 3.78. The highest BCUT2D eigenvalue weighted by atomic mass is 16.5. The molecule has 1 aromatic carbocycles. The number of carbonyl (C=O) groups is 4. The molecule has 0 saturated carbocycles. The number of nitrogens with zero attached hydrogens (tertiary/aromatic N) is 1. The number of ether oxygens (including phenoxy) is 2. The molecule has 0 aromatic heterocycles. The largest absolute Gasteiger partial charge is 0.492 e. The Hall–Kier alpha value is -3.10. The number of nitrogens with one attached hydrogen (secondary N) is 2. The van der Waals surface area contributed by atoms with Gasteiger partial charge in [-0.15, -0.1) is 0 Å². The zero-order chi connectivity index (χ0) is 19.9. The van der Waals surface area contributed by atoms with Crippen LogP contribution in [0.3, 0.4) is 0 Å². The summed E-state index contributed by atoms with van der Waals surface area (Å²) >= 11 is 0. The van der Waals surface area contributed by atoms with Gasteiger partial charge in [0.2, 0.25) is 0 Å². The van der Waals surface area contributed by atoms with Gasteiger partial charge in [0, 0.05) is 6.54 Å². The average molecular weight is 377 g/mol. The van der Waals surface area contributed by atoms with Gasteiger partial charge < -0.3 is 20.1 Å². The van der Waals surface area contributed by atoms with Crippen molar-refractivity contribution in [2.45, 2.75) is 25.8 Å². The second-order valence-corrected chi connectivity index (χ2v) is 6.43. The van der Waals surface area contributed by atoms with Crippen molar-refractivity contribution in [1.29, 1.82) is 0 Å². The van der Waals surface area contributed by atoms with E-state index in [-0.39, 0.29) is 26.1 Å². The molecule has 1 aromatic rings. The number of carbonyl (C=O) groups excluding carboxylic acids is 4. The summed E-state index contributed by atoms with van der Waals surface area (Å²) in [4.78, 5) is 48.0. The van der Waals surface area contributed by atoms with Crippen molar-refractivity contribution in [2.24, 2.45) is 0 Å². The van der Waals surface area contributed by atoms with E-state index in [1.54, 1.807) is 26.0 Å². The molecule has 2 N–H and O–H groups in total. The van der Waals surface area contributed by atoms with Crippen LogP contribution in [0.2, 0.25) is 0 Å². The molecule has 2 rings (SSSR count). The van der Waals surface area contributed by atoms with Crippen LogP contribution in [0.5, 0.6) is 5.75 Å². The second-order valence-electron chi connectivity index (χ2n) is 6.43. The molecule has 1 saturated heterocycles. The Morgan fingerprint density at radius 2 is 1.89 bits per heavy atom. The van der Waals surface area contributed by atoms with Crippen LogP contribution in [-0.2, 0) is 19.1 Å². The highest BCUT2D eigenvalue weighted by Gasteiger charge is 2.44. The van der Waals surface area contributed by atoms with Crippen LogP contribution in [0.4, 0.5) is 4.79 Å². The molecule has 1 aliphatic rings. The lowest BCUT2D eigenvalue weighted by Crippen LogP contribution is -2.40. The van der Waals surface area contributed by atoms with Crippen LogP contribution in [0, 0.1) is 0 Å². The molecule has 0 unspecified atom stereocenters. The summed E-state index contributed by atoms with van der Waals surface area (Å²) in [7, 11) is 0. The fourth-order valence-electron chi connectivity index (χ4n) is 2.37. The molecule has 1 heterocycles. The van der Waals surface area contributed by atoms with Crippen LogP contribution in [0.25, 0.3) is 0 Å². The van der Waals surface area contributed by atoms with Gasteiger partial charge in [0.15, 0.2) is 6.61 Å². The zero-order valence-electron chi connectivity index (χ0n) is 15.3. The van der Waals surface area contributed by atoms with E-state index in [1.165, 1.54) is 0 Å². The molecule has 0 radical (unpaired) electrons. The van der Waals surface area contributed by atoms with Crippen molar-refractivity contribution in [3.63, 3.8) is 0 Å². The number of urea groups is 1. The van der Waals surface area contributed by atoms with E-state index in [0.29, 0.717) is 5.75 Å². The fraction of sp³-hybridized carbons (Fsp3) is 0.444. The predicted molar refractivity (Wildman–Crippen MR) is 94.8 cm³/mol. The summed E-state index contributed by atoms with van der Waals surface area (Å²) in [6.45, 7) is 3.18. The van der Waals surface area contributed by atoms with Crippen molar-refractivity contribution in [2.75, 3.05) is 26.3 Å². The van der Waals surface area contributed by atoms with Crippen molar-refractivity contribution in [3.05, 3.63) is 30.3 Å². The molecule has 146 valence electrons. The number of amides is 4. The predicted octanol–water partition coefficient (Wildman–Crippen LogP) is 0.445. The van der Waals surface area contributed by atoms with Gasteiger partial charge in [0.25, 0.3) is 11.8 Å². The number of para-hydroxylation sites is 1. The first kappa shape index (κ1) is 20.2. The average Bonchev–Trinajstić information content (AvgIpc) is 2.83. The van der Waals surface area contributed by atoms with Crippen molar-refractivity contribution < 1.29 is 28.7 Å². The lowest BCUT2D eigenvalue weighted by molar-refractivity contribution is -0.149. The van der Waals surface area contributed by atoms with Crippen molar-refractivity contribution in [1.82, 2.24) is 15.5 Å². The first-order valence-corrected chi connectivity index (χ1v) is 8.54. The number of hydrogen-bond donors (Lipinski definition) is 2. The SMILES string of the molecule is CC1(C)NC(=O)N(CCC(=O)OCC(=O)NCCOc2ccccc2)C1=O. The van der Waals surface area contributed by atoms with E-state index >= 15 is 0 Å². The Morgan fingerprint density at radius 1 is 1.19 bits per heavy atom. The minimum Gasteiger partial charge on any atom is -0.492 e. The van der Waals surface area contributed by atoms with Crippen molar-refractivity contribution >= 4 is 23.8 Å². The van der Waals surface area contributed by atoms with Crippen LogP contribution >= 0.6 is 0 Å². The summed E-state index contributed by atoms with van der Waals surface area (Å²) in [6.07, 6.45) is -0.181. The maximum absolute atomic E-state index is 12.0. The number of hydrogen-bond acceptors (Lipinski definition) is 6. The number of esters is 1. The van der Waals surface area contributed by atoms with E-state index in [9.17, 15) is 19.2 Å². The Bertz CT molecular complexity index is 704. The number of imide groups is 1. The smallest absolute Gasteiger partial charge is 0.325 e. The van der Waals surface area contributed by atoms with Crippen LogP contribution in [0.1, 0.15) is 20.3 Å². The molecule has 1 aliphatic heterocycles. The van der Waals surface area contributed by atoms with E-state index in [1.807, 2.05) is 18.2 Å². The highest BCUT2D eigenvalue weighted by Crippen LogP contribution is 2.16. The van der Waals surface area contributed by atoms with Gasteiger partial charge in [-0.3, -0.25) is 19.3 Å². The number of benzene rings is 1. The molecule has 0 atom stereocenters. The summed E-state index contributed by atoms with van der Waals surface area (Å²) < 4.78 is 10.3. The van der Waals surface area contributed by atoms with E-state index in [0.717, 1.165) is 4.90 Å². The van der Waals surface area contributed by atoms with E-state index < -0.39 is 36.0 Å². The molecule has 9 heteroatoms. The maximum Gasteiger partial charge on any atom is 0.325 e. The van der Waals surface area contributed by atoms with Gasteiger partial charge in [-0.1, -0.05) is 18.2 Å². The quantitative estimate of drug-likeness (QED) is 0.367. The number of rotatable bonds is 9. The topological polar surface area (TPSA) is 114 Å². The Labute approximate surface area is 157 Å². The van der Waals surface area contributed by atoms with Gasteiger partial charge in [-0.05, 0) is 26.0 Å². The first-order chi connectivity index (χ1) is 12.8. The molecule has 27 heavy (non-hydrogen) atoms. The Morgan fingerprint density at radius 3 is 2.52 bits per heavy atom. The van der Waals surface area contributed by atoms with Crippen LogP contribution < -0.4 is 15.4 Å². The Balaban J connectivity index is 1.59. The van der Waals surface area contributed by atoms with E-state index in [4.69, 9.17) is 9.47 Å². The van der Waals surface area contributed by atoms with Gasteiger partial charge >= 0.3 is 12.0 Å². The van der Waals surface area contributed by atoms with Gasteiger partial charge in [-0.25, -0.2) is 4.79 Å². The zero-order valence-corrected chi connectivity index (χ0v) is 15.3. The molecule has 0 spiro atoms. The molecular formula is C18H23N3O6. The normalized spacial score (nSPS) is 15.3. The lowest BCUT2D eigenvalue weighted by Gasteiger charge is -2.15. The summed E-state index contributed by atoms with van der Waals surface area (Å²) in [5, 5.41) is 5.08. The van der Waals surface area contributed by atoms with Crippen LogP contribution in [-0.4, -0.2) is 60.6 Å². The molecule has 9 nitrogen and oxygen atoms in total. The standard InChI is InChI=1S/C18H23N3O6/c1-18(2)16(24)21(17(25)20-18)10-8-15(23)27-12-14(22)19-9-11-26-13-6-4-3-5-7-13/h3-7H,8-12H2,1-2H3,(H,19,22)(H,20,25). The van der Waals surface area contributed by atoms with Gasteiger partial charge in [0.1, 0.15) is 17.9 Å². The third-order valence-corrected chi connectivity index (χ3v) is 3.78. The molecule has 0 bridgehead atoms. The van der Waals surface area contributed by atoms with Crippen LogP contribution in [0.15, 0.2) is 30.3 Å². The second kappa shape index (κ2) is 9.02. The molecular weight excluding hydrogens is 354 g/mol. The Kier molecular flexibility index (Phi) is 6.75. The summed E-state index contributed by atoms with van der Waals surface area (Å²) in [5.74, 6) is -0.842.